The molecule has 0 saturated heterocycles. The molecule has 150 valence electrons. The molecule has 1 aliphatic rings. The Hall–Kier alpha value is -3.61. The standard InChI is InChI=1S/C22H22N2O5/c1-22(2)19(27)18(20(28)23-12-17(25)26)21(29)24(22)13-14-8-10-16(11-9-14)15-6-4-3-5-7-15/h3-11,27H,12-13H2,1-2H3,(H,23,28)(H,25,26). The van der Waals surface area contributed by atoms with Crippen molar-refractivity contribution in [2.45, 2.75) is 25.9 Å². The number of aliphatic carboxylic acids is 1. The van der Waals surface area contributed by atoms with Crippen LogP contribution in [0, 0.1) is 0 Å². The highest BCUT2D eigenvalue weighted by Crippen LogP contribution is 2.35. The molecule has 1 aliphatic heterocycles. The Balaban J connectivity index is 1.78. The highest BCUT2D eigenvalue weighted by molar-refractivity contribution is 6.21. The van der Waals surface area contributed by atoms with Gasteiger partial charge >= 0.3 is 5.97 Å². The summed E-state index contributed by atoms with van der Waals surface area (Å²) in [5, 5.41) is 21.3. The fraction of sp³-hybridized carbons (Fsp3) is 0.227. The Morgan fingerprint density at radius 1 is 1.00 bits per heavy atom. The summed E-state index contributed by atoms with van der Waals surface area (Å²) in [6.45, 7) is 2.83. The van der Waals surface area contributed by atoms with Crippen LogP contribution >= 0.6 is 0 Å². The van der Waals surface area contributed by atoms with Gasteiger partial charge in [0.05, 0.1) is 5.54 Å². The van der Waals surface area contributed by atoms with E-state index >= 15 is 0 Å². The minimum absolute atomic E-state index is 0.195. The molecule has 29 heavy (non-hydrogen) atoms. The second-order valence-electron chi connectivity index (χ2n) is 7.31. The van der Waals surface area contributed by atoms with Gasteiger partial charge < -0.3 is 20.4 Å². The monoisotopic (exact) mass is 394 g/mol. The minimum Gasteiger partial charge on any atom is -0.509 e. The first-order valence-electron chi connectivity index (χ1n) is 9.12. The molecule has 0 aliphatic carbocycles. The molecule has 7 nitrogen and oxygen atoms in total. The smallest absolute Gasteiger partial charge is 0.322 e. The normalized spacial score (nSPS) is 15.5. The quantitative estimate of drug-likeness (QED) is 0.653. The van der Waals surface area contributed by atoms with Crippen LogP contribution in [-0.4, -0.2) is 45.0 Å². The van der Waals surface area contributed by atoms with Gasteiger partial charge in [-0.15, -0.1) is 0 Å². The average Bonchev–Trinajstić information content (AvgIpc) is 2.87. The number of hydrogen-bond acceptors (Lipinski definition) is 4. The molecule has 2 aromatic rings. The topological polar surface area (TPSA) is 107 Å². The molecule has 0 fully saturated rings. The van der Waals surface area contributed by atoms with Crippen molar-refractivity contribution in [3.63, 3.8) is 0 Å². The Morgan fingerprint density at radius 2 is 1.59 bits per heavy atom. The summed E-state index contributed by atoms with van der Waals surface area (Å²) >= 11 is 0. The van der Waals surface area contributed by atoms with Crippen LogP contribution in [0.2, 0.25) is 0 Å². The van der Waals surface area contributed by atoms with Gasteiger partial charge in [0.2, 0.25) is 0 Å². The zero-order chi connectivity index (χ0) is 21.2. The van der Waals surface area contributed by atoms with Crippen LogP contribution in [0.3, 0.4) is 0 Å². The fourth-order valence-electron chi connectivity index (χ4n) is 3.26. The van der Waals surface area contributed by atoms with E-state index in [-0.39, 0.29) is 12.3 Å². The van der Waals surface area contributed by atoms with E-state index in [1.165, 1.54) is 4.90 Å². The highest BCUT2D eigenvalue weighted by atomic mass is 16.4. The van der Waals surface area contributed by atoms with E-state index in [1.54, 1.807) is 13.8 Å². The van der Waals surface area contributed by atoms with Gasteiger partial charge in [-0.1, -0.05) is 54.6 Å². The molecule has 0 radical (unpaired) electrons. The molecule has 7 heteroatoms. The van der Waals surface area contributed by atoms with Gasteiger partial charge in [-0.2, -0.15) is 0 Å². The van der Waals surface area contributed by atoms with E-state index in [0.29, 0.717) is 0 Å². The van der Waals surface area contributed by atoms with Gasteiger partial charge in [-0.05, 0) is 30.5 Å². The summed E-state index contributed by atoms with van der Waals surface area (Å²) < 4.78 is 0. The van der Waals surface area contributed by atoms with Crippen LogP contribution in [0.5, 0.6) is 0 Å². The summed E-state index contributed by atoms with van der Waals surface area (Å²) in [6, 6.07) is 17.6. The highest BCUT2D eigenvalue weighted by Gasteiger charge is 2.48. The lowest BCUT2D eigenvalue weighted by molar-refractivity contribution is -0.138. The van der Waals surface area contributed by atoms with E-state index in [1.807, 2.05) is 54.6 Å². The molecule has 0 unspecified atom stereocenters. The SMILES string of the molecule is CC1(C)C(O)=C(C(=O)NCC(=O)O)C(=O)N1Cc1ccc(-c2ccccc2)cc1. The second-order valence-corrected chi connectivity index (χ2v) is 7.31. The number of carbonyl (C=O) groups excluding carboxylic acids is 2. The lowest BCUT2D eigenvalue weighted by Gasteiger charge is -2.32. The molecule has 2 amide bonds. The number of aliphatic hydroxyl groups excluding tert-OH is 1. The number of carboxylic acids is 1. The maximum absolute atomic E-state index is 12.8. The van der Waals surface area contributed by atoms with Crippen molar-refractivity contribution in [2.24, 2.45) is 0 Å². The molecule has 0 saturated carbocycles. The predicted octanol–water partition coefficient (Wildman–Crippen LogP) is 2.49. The van der Waals surface area contributed by atoms with E-state index in [4.69, 9.17) is 5.11 Å². The summed E-state index contributed by atoms with van der Waals surface area (Å²) in [5.41, 5.74) is 1.44. The molecule has 3 N–H and O–H groups in total. The van der Waals surface area contributed by atoms with Crippen molar-refractivity contribution >= 4 is 17.8 Å². The molecule has 1 heterocycles. The van der Waals surface area contributed by atoms with E-state index in [2.05, 4.69) is 5.32 Å². The van der Waals surface area contributed by atoms with Crippen LogP contribution in [0.1, 0.15) is 19.4 Å². The van der Waals surface area contributed by atoms with Gasteiger partial charge in [-0.3, -0.25) is 14.4 Å². The summed E-state index contributed by atoms with van der Waals surface area (Å²) in [4.78, 5) is 37.1. The number of nitrogens with one attached hydrogen (secondary N) is 1. The lowest BCUT2D eigenvalue weighted by atomic mass is 10.0. The van der Waals surface area contributed by atoms with Gasteiger partial charge in [0.15, 0.2) is 0 Å². The Morgan fingerprint density at radius 3 is 2.17 bits per heavy atom. The molecule has 3 rings (SSSR count). The molecule has 2 aromatic carbocycles. The number of carbonyl (C=O) groups is 3. The molecular weight excluding hydrogens is 372 g/mol. The van der Waals surface area contributed by atoms with Crippen molar-refractivity contribution in [2.75, 3.05) is 6.54 Å². The molecule has 0 spiro atoms. The van der Waals surface area contributed by atoms with Gasteiger partial charge in [0.25, 0.3) is 11.8 Å². The van der Waals surface area contributed by atoms with E-state index in [9.17, 15) is 19.5 Å². The Kier molecular flexibility index (Phi) is 5.41. The number of benzene rings is 2. The maximum atomic E-state index is 12.8. The third-order valence-electron chi connectivity index (χ3n) is 4.98. The molecule has 0 aromatic heterocycles. The van der Waals surface area contributed by atoms with Crippen LogP contribution in [0.25, 0.3) is 11.1 Å². The van der Waals surface area contributed by atoms with Crippen LogP contribution < -0.4 is 5.32 Å². The lowest BCUT2D eigenvalue weighted by Crippen LogP contribution is -2.43. The Bertz CT molecular complexity index is 978. The average molecular weight is 394 g/mol. The van der Waals surface area contributed by atoms with Crippen LogP contribution in [0.4, 0.5) is 0 Å². The van der Waals surface area contributed by atoms with Crippen LogP contribution in [-0.2, 0) is 20.9 Å². The zero-order valence-electron chi connectivity index (χ0n) is 16.2. The third kappa shape index (κ3) is 3.99. The predicted molar refractivity (Wildman–Crippen MR) is 107 cm³/mol. The number of nitrogens with zero attached hydrogens (tertiary/aromatic N) is 1. The van der Waals surface area contributed by atoms with E-state index < -0.39 is 35.4 Å². The summed E-state index contributed by atoms with van der Waals surface area (Å²) in [6.07, 6.45) is 0. The fourth-order valence-corrected chi connectivity index (χ4v) is 3.26. The number of carboxylic acid groups (broad SMARTS) is 1. The number of aliphatic hydroxyl groups is 1. The van der Waals surface area contributed by atoms with Gasteiger partial charge in [0.1, 0.15) is 17.9 Å². The maximum Gasteiger partial charge on any atom is 0.322 e. The number of rotatable bonds is 6. The molecule has 0 atom stereocenters. The zero-order valence-corrected chi connectivity index (χ0v) is 16.2. The van der Waals surface area contributed by atoms with Crippen molar-refractivity contribution in [3.05, 3.63) is 71.5 Å². The van der Waals surface area contributed by atoms with Crippen molar-refractivity contribution < 1.29 is 24.6 Å². The second kappa shape index (κ2) is 7.79. The van der Waals surface area contributed by atoms with Gasteiger partial charge in [-0.25, -0.2) is 0 Å². The first-order chi connectivity index (χ1) is 13.7. The van der Waals surface area contributed by atoms with Crippen molar-refractivity contribution in [3.8, 4) is 11.1 Å². The van der Waals surface area contributed by atoms with E-state index in [0.717, 1.165) is 16.7 Å². The Labute approximate surface area is 168 Å². The van der Waals surface area contributed by atoms with Crippen molar-refractivity contribution in [1.82, 2.24) is 10.2 Å². The first-order valence-corrected chi connectivity index (χ1v) is 9.12. The summed E-state index contributed by atoms with van der Waals surface area (Å²) in [5.74, 6) is -3.14. The minimum atomic E-state index is -1.24. The third-order valence-corrected chi connectivity index (χ3v) is 4.98. The number of hydrogen-bond donors (Lipinski definition) is 3. The largest absolute Gasteiger partial charge is 0.509 e. The molecular formula is C22H22N2O5. The summed E-state index contributed by atoms with van der Waals surface area (Å²) in [7, 11) is 0. The van der Waals surface area contributed by atoms with Gasteiger partial charge in [0, 0.05) is 6.54 Å². The first kappa shape index (κ1) is 20.1. The van der Waals surface area contributed by atoms with Crippen molar-refractivity contribution in [1.29, 1.82) is 0 Å². The molecule has 0 bridgehead atoms. The number of amides is 2. The van der Waals surface area contributed by atoms with Crippen LogP contribution in [0.15, 0.2) is 65.9 Å².